The maximum Gasteiger partial charge on any atom is 0.353 e. The minimum absolute atomic E-state index is 0.0392. The van der Waals surface area contributed by atoms with Gasteiger partial charge in [-0.2, -0.15) is 9.97 Å². The average molecular weight is 339 g/mol. The predicted molar refractivity (Wildman–Crippen MR) is 92.2 cm³/mol. The van der Waals surface area contributed by atoms with Crippen molar-refractivity contribution in [1.29, 1.82) is 0 Å². The Morgan fingerprint density at radius 1 is 1.42 bits per heavy atom. The van der Waals surface area contributed by atoms with Crippen LogP contribution in [0.1, 0.15) is 19.3 Å². The Morgan fingerprint density at radius 3 is 2.83 bits per heavy atom. The van der Waals surface area contributed by atoms with Crippen LogP contribution in [0.4, 0.5) is 23.3 Å². The van der Waals surface area contributed by atoms with Gasteiger partial charge in [-0.3, -0.25) is 10.1 Å². The zero-order chi connectivity index (χ0) is 17.5. The smallest absolute Gasteiger partial charge is 0.353 e. The first kappa shape index (κ1) is 18.1. The van der Waals surface area contributed by atoms with Gasteiger partial charge in [-0.05, 0) is 39.9 Å². The number of nitrogens with zero attached hydrogens (tertiary/aromatic N) is 4. The van der Waals surface area contributed by atoms with Gasteiger partial charge in [0.1, 0.15) is 0 Å². The molecule has 0 amide bonds. The van der Waals surface area contributed by atoms with Crippen molar-refractivity contribution in [3.05, 3.63) is 10.1 Å². The highest BCUT2D eigenvalue weighted by molar-refractivity contribution is 5.69. The van der Waals surface area contributed by atoms with Crippen LogP contribution in [0.15, 0.2) is 0 Å². The highest BCUT2D eigenvalue weighted by Crippen LogP contribution is 2.29. The SMILES string of the molecule is CN(C)CCCNc1nc(N)c([N+](=O)[O-])c(NC[C@@H]2CCCO2)n1. The van der Waals surface area contributed by atoms with E-state index in [9.17, 15) is 10.1 Å². The summed E-state index contributed by atoms with van der Waals surface area (Å²) in [5.74, 6) is 0.254. The first-order chi connectivity index (χ1) is 11.5. The van der Waals surface area contributed by atoms with Crippen molar-refractivity contribution >= 4 is 23.3 Å². The number of nitrogen functional groups attached to an aromatic ring is 1. The molecule has 1 atom stereocenters. The van der Waals surface area contributed by atoms with Gasteiger partial charge in [0.15, 0.2) is 0 Å². The van der Waals surface area contributed by atoms with Crippen molar-refractivity contribution in [1.82, 2.24) is 14.9 Å². The Morgan fingerprint density at radius 2 is 2.21 bits per heavy atom. The van der Waals surface area contributed by atoms with Gasteiger partial charge in [0.2, 0.25) is 17.6 Å². The Labute approximate surface area is 140 Å². The topological polar surface area (TPSA) is 131 Å². The Bertz CT molecular complexity index is 562. The summed E-state index contributed by atoms with van der Waals surface area (Å²) in [6, 6.07) is 0. The molecular formula is C14H25N7O3. The summed E-state index contributed by atoms with van der Waals surface area (Å²) < 4.78 is 5.51. The second kappa shape index (κ2) is 8.60. The summed E-state index contributed by atoms with van der Waals surface area (Å²) >= 11 is 0. The maximum atomic E-state index is 11.2. The molecule has 0 saturated carbocycles. The molecule has 1 aromatic rings. The molecule has 134 valence electrons. The van der Waals surface area contributed by atoms with E-state index in [0.717, 1.165) is 32.4 Å². The first-order valence-electron chi connectivity index (χ1n) is 8.03. The second-order valence-electron chi connectivity index (χ2n) is 5.99. The van der Waals surface area contributed by atoms with Crippen LogP contribution in [0, 0.1) is 10.1 Å². The van der Waals surface area contributed by atoms with Gasteiger partial charge in [0.05, 0.1) is 11.0 Å². The van der Waals surface area contributed by atoms with Crippen LogP contribution in [0.25, 0.3) is 0 Å². The second-order valence-corrected chi connectivity index (χ2v) is 5.99. The quantitative estimate of drug-likeness (QED) is 0.341. The van der Waals surface area contributed by atoms with Crippen LogP contribution < -0.4 is 16.4 Å². The summed E-state index contributed by atoms with van der Waals surface area (Å²) in [5, 5.41) is 17.3. The number of aromatic nitrogens is 2. The molecule has 1 aromatic heterocycles. The lowest BCUT2D eigenvalue weighted by atomic mass is 10.2. The molecular weight excluding hydrogens is 314 g/mol. The third-order valence-electron chi connectivity index (χ3n) is 3.68. The molecule has 1 fully saturated rings. The van der Waals surface area contributed by atoms with E-state index in [4.69, 9.17) is 10.5 Å². The molecule has 2 rings (SSSR count). The number of nitro groups is 1. The molecule has 0 aliphatic carbocycles. The van der Waals surface area contributed by atoms with E-state index in [1.165, 1.54) is 0 Å². The van der Waals surface area contributed by atoms with Crippen LogP contribution in [0.5, 0.6) is 0 Å². The van der Waals surface area contributed by atoms with Crippen molar-refractivity contribution in [2.45, 2.75) is 25.4 Å². The van der Waals surface area contributed by atoms with E-state index in [2.05, 4.69) is 25.5 Å². The molecule has 0 radical (unpaired) electrons. The number of rotatable bonds is 9. The maximum absolute atomic E-state index is 11.2. The Balaban J connectivity index is 2.04. The lowest BCUT2D eigenvalue weighted by Crippen LogP contribution is -2.21. The highest BCUT2D eigenvalue weighted by Gasteiger charge is 2.24. The number of hydrogen-bond acceptors (Lipinski definition) is 9. The molecule has 1 aliphatic heterocycles. The summed E-state index contributed by atoms with van der Waals surface area (Å²) in [6.07, 6.45) is 2.86. The molecule has 0 aromatic carbocycles. The Kier molecular flexibility index (Phi) is 6.50. The molecule has 1 aliphatic rings. The fourth-order valence-electron chi connectivity index (χ4n) is 2.47. The fourth-order valence-corrected chi connectivity index (χ4v) is 2.47. The van der Waals surface area contributed by atoms with Crippen molar-refractivity contribution < 1.29 is 9.66 Å². The van der Waals surface area contributed by atoms with E-state index >= 15 is 0 Å². The van der Waals surface area contributed by atoms with E-state index in [1.807, 2.05) is 14.1 Å². The van der Waals surface area contributed by atoms with Crippen molar-refractivity contribution in [3.8, 4) is 0 Å². The first-order valence-corrected chi connectivity index (χ1v) is 8.03. The zero-order valence-electron chi connectivity index (χ0n) is 14.1. The van der Waals surface area contributed by atoms with Crippen LogP contribution in [0.2, 0.25) is 0 Å². The number of nitrogens with one attached hydrogen (secondary N) is 2. The summed E-state index contributed by atoms with van der Waals surface area (Å²) in [5.41, 5.74) is 5.45. The minimum Gasteiger partial charge on any atom is -0.378 e. The number of nitrogens with two attached hydrogens (primary N) is 1. The van der Waals surface area contributed by atoms with Crippen LogP contribution in [0.3, 0.4) is 0 Å². The summed E-state index contributed by atoms with van der Waals surface area (Å²) in [6.45, 7) is 2.75. The Hall–Kier alpha value is -2.20. The summed E-state index contributed by atoms with van der Waals surface area (Å²) in [7, 11) is 3.99. The van der Waals surface area contributed by atoms with Crippen molar-refractivity contribution in [3.63, 3.8) is 0 Å². The van der Waals surface area contributed by atoms with Crippen LogP contribution >= 0.6 is 0 Å². The molecule has 4 N–H and O–H groups in total. The van der Waals surface area contributed by atoms with Gasteiger partial charge in [0.25, 0.3) is 0 Å². The lowest BCUT2D eigenvalue weighted by molar-refractivity contribution is -0.383. The number of hydrogen-bond donors (Lipinski definition) is 3. The number of ether oxygens (including phenoxy) is 1. The zero-order valence-corrected chi connectivity index (χ0v) is 14.1. The largest absolute Gasteiger partial charge is 0.378 e. The summed E-state index contributed by atoms with van der Waals surface area (Å²) in [4.78, 5) is 20.9. The number of anilines is 3. The molecule has 10 heteroatoms. The monoisotopic (exact) mass is 339 g/mol. The van der Waals surface area contributed by atoms with Crippen LogP contribution in [-0.2, 0) is 4.74 Å². The van der Waals surface area contributed by atoms with Gasteiger partial charge in [-0.25, -0.2) is 0 Å². The molecule has 0 spiro atoms. The molecule has 0 unspecified atom stereocenters. The third-order valence-corrected chi connectivity index (χ3v) is 3.68. The highest BCUT2D eigenvalue weighted by atomic mass is 16.6. The van der Waals surface area contributed by atoms with E-state index in [0.29, 0.717) is 13.1 Å². The van der Waals surface area contributed by atoms with Crippen LogP contribution in [-0.4, -0.2) is 66.2 Å². The minimum atomic E-state index is -0.566. The molecule has 2 heterocycles. The van der Waals surface area contributed by atoms with Gasteiger partial charge in [-0.15, -0.1) is 0 Å². The van der Waals surface area contributed by atoms with E-state index < -0.39 is 4.92 Å². The van der Waals surface area contributed by atoms with Gasteiger partial charge < -0.3 is 26.0 Å². The molecule has 1 saturated heterocycles. The fraction of sp³-hybridized carbons (Fsp3) is 0.714. The molecule has 10 nitrogen and oxygen atoms in total. The molecule has 0 bridgehead atoms. The predicted octanol–water partition coefficient (Wildman–Crippen LogP) is 0.921. The van der Waals surface area contributed by atoms with E-state index in [-0.39, 0.29) is 29.4 Å². The van der Waals surface area contributed by atoms with E-state index in [1.54, 1.807) is 0 Å². The third kappa shape index (κ3) is 5.17. The van der Waals surface area contributed by atoms with Gasteiger partial charge in [-0.1, -0.05) is 0 Å². The van der Waals surface area contributed by atoms with Crippen molar-refractivity contribution in [2.75, 3.05) is 56.7 Å². The van der Waals surface area contributed by atoms with Gasteiger partial charge in [0, 0.05) is 19.7 Å². The van der Waals surface area contributed by atoms with Crippen molar-refractivity contribution in [2.24, 2.45) is 0 Å². The normalized spacial score (nSPS) is 17.2. The standard InChI is InChI=1S/C14H25N7O3/c1-20(2)7-4-6-16-14-18-12(15)11(21(22)23)13(19-14)17-9-10-5-3-8-24-10/h10H,3-9H2,1-2H3,(H4,15,16,17,18,19)/t10-/m0/s1. The molecule has 24 heavy (non-hydrogen) atoms. The average Bonchev–Trinajstić information content (AvgIpc) is 3.02. The lowest BCUT2D eigenvalue weighted by Gasteiger charge is -2.14. The van der Waals surface area contributed by atoms with Gasteiger partial charge >= 0.3 is 5.69 Å².